The van der Waals surface area contributed by atoms with Crippen molar-refractivity contribution >= 4 is 5.82 Å². The number of hydrogen-bond donors (Lipinski definition) is 1. The highest BCUT2D eigenvalue weighted by molar-refractivity contribution is 5.38. The minimum Gasteiger partial charge on any atom is -0.474 e. The van der Waals surface area contributed by atoms with Crippen molar-refractivity contribution in [3.05, 3.63) is 12.4 Å². The molecule has 6 nitrogen and oxygen atoms in total. The van der Waals surface area contributed by atoms with E-state index in [0.717, 1.165) is 45.1 Å². The molecule has 0 radical (unpaired) electrons. The zero-order chi connectivity index (χ0) is 15.2. The fourth-order valence-electron chi connectivity index (χ4n) is 2.46. The van der Waals surface area contributed by atoms with Crippen molar-refractivity contribution < 1.29 is 4.74 Å². The lowest BCUT2D eigenvalue weighted by Crippen LogP contribution is -2.48. The number of aromatic nitrogens is 2. The number of nitrogens with zero attached hydrogens (tertiary/aromatic N) is 4. The first kappa shape index (κ1) is 16.0. The van der Waals surface area contributed by atoms with E-state index in [1.807, 2.05) is 20.0 Å². The first-order chi connectivity index (χ1) is 10.1. The molecular formula is C15H27N5O. The number of piperazine rings is 1. The quantitative estimate of drug-likeness (QED) is 0.843. The first-order valence-corrected chi connectivity index (χ1v) is 7.74. The molecule has 0 saturated carbocycles. The summed E-state index contributed by atoms with van der Waals surface area (Å²) in [6, 6.07) is 0. The monoisotopic (exact) mass is 293 g/mol. The van der Waals surface area contributed by atoms with Crippen molar-refractivity contribution in [2.75, 3.05) is 44.2 Å². The Bertz CT molecular complexity index is 432. The van der Waals surface area contributed by atoms with Gasteiger partial charge in [0.25, 0.3) is 0 Å². The van der Waals surface area contributed by atoms with E-state index in [-0.39, 0.29) is 6.10 Å². The average molecular weight is 293 g/mol. The standard InChI is InChI=1S/C15H27N5O/c1-12(2)21-15-10-17-9-14(18-15)20-6-4-19(5-7-20)11-13(3)8-16/h9-10,12-13H,4-8,11,16H2,1-3H3. The lowest BCUT2D eigenvalue weighted by Gasteiger charge is -2.36. The molecule has 6 heteroatoms. The number of rotatable bonds is 6. The zero-order valence-corrected chi connectivity index (χ0v) is 13.3. The van der Waals surface area contributed by atoms with Crippen molar-refractivity contribution in [1.29, 1.82) is 0 Å². The predicted molar refractivity (Wildman–Crippen MR) is 84.7 cm³/mol. The molecule has 1 aliphatic rings. The van der Waals surface area contributed by atoms with Gasteiger partial charge in [0.05, 0.1) is 18.5 Å². The number of anilines is 1. The summed E-state index contributed by atoms with van der Waals surface area (Å²) in [5, 5.41) is 0. The Morgan fingerprint density at radius 2 is 1.90 bits per heavy atom. The molecule has 118 valence electrons. The van der Waals surface area contributed by atoms with E-state index >= 15 is 0 Å². The third kappa shape index (κ3) is 4.82. The molecule has 2 rings (SSSR count). The normalized spacial score (nSPS) is 18.0. The molecule has 0 aliphatic carbocycles. The maximum atomic E-state index is 5.69. The summed E-state index contributed by atoms with van der Waals surface area (Å²) in [6.45, 7) is 12.0. The van der Waals surface area contributed by atoms with E-state index in [1.165, 1.54) is 0 Å². The second-order valence-corrected chi connectivity index (χ2v) is 6.01. The van der Waals surface area contributed by atoms with E-state index in [2.05, 4.69) is 26.7 Å². The van der Waals surface area contributed by atoms with Gasteiger partial charge in [-0.05, 0) is 26.3 Å². The molecule has 1 aromatic heterocycles. The van der Waals surface area contributed by atoms with Crippen molar-refractivity contribution in [1.82, 2.24) is 14.9 Å². The van der Waals surface area contributed by atoms with Crippen LogP contribution in [-0.4, -0.2) is 60.2 Å². The molecule has 2 N–H and O–H groups in total. The van der Waals surface area contributed by atoms with Gasteiger partial charge < -0.3 is 15.4 Å². The Balaban J connectivity index is 1.90. The summed E-state index contributed by atoms with van der Waals surface area (Å²) in [5.41, 5.74) is 5.69. The summed E-state index contributed by atoms with van der Waals surface area (Å²) in [5.74, 6) is 2.06. The van der Waals surface area contributed by atoms with E-state index in [0.29, 0.717) is 11.8 Å². The van der Waals surface area contributed by atoms with Crippen LogP contribution in [0.25, 0.3) is 0 Å². The maximum Gasteiger partial charge on any atom is 0.234 e. The lowest BCUT2D eigenvalue weighted by atomic mass is 10.1. The Morgan fingerprint density at radius 3 is 2.52 bits per heavy atom. The van der Waals surface area contributed by atoms with Crippen LogP contribution in [0.1, 0.15) is 20.8 Å². The van der Waals surface area contributed by atoms with Crippen molar-refractivity contribution in [2.24, 2.45) is 11.7 Å². The van der Waals surface area contributed by atoms with Crippen molar-refractivity contribution in [3.63, 3.8) is 0 Å². The van der Waals surface area contributed by atoms with Gasteiger partial charge in [0.15, 0.2) is 5.82 Å². The van der Waals surface area contributed by atoms with Crippen molar-refractivity contribution in [2.45, 2.75) is 26.9 Å². The molecular weight excluding hydrogens is 266 g/mol. The Kier molecular flexibility index (Phi) is 5.76. The molecule has 1 atom stereocenters. The summed E-state index contributed by atoms with van der Waals surface area (Å²) >= 11 is 0. The lowest BCUT2D eigenvalue weighted by molar-refractivity contribution is 0.223. The molecule has 0 bridgehead atoms. The molecule has 2 heterocycles. The highest BCUT2D eigenvalue weighted by Crippen LogP contribution is 2.17. The van der Waals surface area contributed by atoms with Gasteiger partial charge in [-0.25, -0.2) is 0 Å². The van der Waals surface area contributed by atoms with Crippen LogP contribution in [0.3, 0.4) is 0 Å². The third-order valence-corrected chi connectivity index (χ3v) is 3.62. The molecule has 1 unspecified atom stereocenters. The van der Waals surface area contributed by atoms with Crippen LogP contribution in [0.2, 0.25) is 0 Å². The van der Waals surface area contributed by atoms with Gasteiger partial charge in [-0.15, -0.1) is 0 Å². The predicted octanol–water partition coefficient (Wildman–Crippen LogP) is 0.981. The Hall–Kier alpha value is -1.40. The van der Waals surface area contributed by atoms with Crippen molar-refractivity contribution in [3.8, 4) is 5.88 Å². The molecule has 0 spiro atoms. The molecule has 1 fully saturated rings. The first-order valence-electron chi connectivity index (χ1n) is 7.74. The highest BCUT2D eigenvalue weighted by Gasteiger charge is 2.19. The number of hydrogen-bond acceptors (Lipinski definition) is 6. The van der Waals surface area contributed by atoms with Crippen LogP contribution < -0.4 is 15.4 Å². The Morgan fingerprint density at radius 1 is 1.19 bits per heavy atom. The fourth-order valence-corrected chi connectivity index (χ4v) is 2.46. The van der Waals surface area contributed by atoms with E-state index in [4.69, 9.17) is 10.5 Å². The van der Waals surface area contributed by atoms with Crippen LogP contribution in [-0.2, 0) is 0 Å². The largest absolute Gasteiger partial charge is 0.474 e. The van der Waals surface area contributed by atoms with Gasteiger partial charge in [0, 0.05) is 32.7 Å². The molecule has 1 aromatic rings. The summed E-state index contributed by atoms with van der Waals surface area (Å²) in [7, 11) is 0. The smallest absolute Gasteiger partial charge is 0.234 e. The van der Waals surface area contributed by atoms with Gasteiger partial charge in [-0.2, -0.15) is 4.98 Å². The highest BCUT2D eigenvalue weighted by atomic mass is 16.5. The minimum absolute atomic E-state index is 0.115. The maximum absolute atomic E-state index is 5.69. The van der Waals surface area contributed by atoms with Crippen LogP contribution in [0.15, 0.2) is 12.4 Å². The SMILES string of the molecule is CC(CN)CN1CCN(c2cncc(OC(C)C)n2)CC1. The van der Waals surface area contributed by atoms with Crippen LogP contribution >= 0.6 is 0 Å². The van der Waals surface area contributed by atoms with E-state index in [1.54, 1.807) is 6.20 Å². The molecule has 1 aliphatic heterocycles. The Labute approximate surface area is 127 Å². The van der Waals surface area contributed by atoms with Gasteiger partial charge in [0.2, 0.25) is 5.88 Å². The van der Waals surface area contributed by atoms with E-state index in [9.17, 15) is 0 Å². The zero-order valence-electron chi connectivity index (χ0n) is 13.3. The van der Waals surface area contributed by atoms with Gasteiger partial charge >= 0.3 is 0 Å². The molecule has 0 amide bonds. The minimum atomic E-state index is 0.115. The topological polar surface area (TPSA) is 67.5 Å². The summed E-state index contributed by atoms with van der Waals surface area (Å²) in [4.78, 5) is 13.5. The van der Waals surface area contributed by atoms with Crippen LogP contribution in [0, 0.1) is 5.92 Å². The fraction of sp³-hybridized carbons (Fsp3) is 0.733. The number of nitrogens with two attached hydrogens (primary N) is 1. The van der Waals surface area contributed by atoms with Gasteiger partial charge in [-0.3, -0.25) is 9.88 Å². The van der Waals surface area contributed by atoms with Crippen LogP contribution in [0.4, 0.5) is 5.82 Å². The van der Waals surface area contributed by atoms with Crippen LogP contribution in [0.5, 0.6) is 5.88 Å². The number of ether oxygens (including phenoxy) is 1. The molecule has 0 aromatic carbocycles. The molecule has 1 saturated heterocycles. The summed E-state index contributed by atoms with van der Waals surface area (Å²) in [6.07, 6.45) is 3.60. The van der Waals surface area contributed by atoms with E-state index < -0.39 is 0 Å². The van der Waals surface area contributed by atoms with Gasteiger partial charge in [0.1, 0.15) is 0 Å². The average Bonchev–Trinajstić information content (AvgIpc) is 2.47. The second kappa shape index (κ2) is 7.56. The second-order valence-electron chi connectivity index (χ2n) is 6.01. The van der Waals surface area contributed by atoms with Gasteiger partial charge in [-0.1, -0.05) is 6.92 Å². The molecule has 21 heavy (non-hydrogen) atoms. The summed E-state index contributed by atoms with van der Waals surface area (Å²) < 4.78 is 5.61. The third-order valence-electron chi connectivity index (χ3n) is 3.62.